The molecule has 2 fully saturated rings. The highest BCUT2D eigenvalue weighted by atomic mass is 32.2. The monoisotopic (exact) mass is 418 g/mol. The van der Waals surface area contributed by atoms with Crippen molar-refractivity contribution in [3.63, 3.8) is 0 Å². The van der Waals surface area contributed by atoms with Gasteiger partial charge >= 0.3 is 5.97 Å². The van der Waals surface area contributed by atoms with Gasteiger partial charge in [0, 0.05) is 13.1 Å². The molecule has 4 N–H and O–H groups in total. The molecule has 10 heteroatoms. The van der Waals surface area contributed by atoms with Gasteiger partial charge < -0.3 is 9.84 Å². The van der Waals surface area contributed by atoms with E-state index in [1.165, 1.54) is 4.31 Å². The number of carbonyl (C=O) groups is 1. The van der Waals surface area contributed by atoms with Crippen molar-refractivity contribution in [3.8, 4) is 11.1 Å². The maximum atomic E-state index is 12.9. The summed E-state index contributed by atoms with van der Waals surface area (Å²) in [6, 6.07) is 13.0. The van der Waals surface area contributed by atoms with Crippen LogP contribution in [0.2, 0.25) is 0 Å². The highest BCUT2D eigenvalue weighted by molar-refractivity contribution is 7.89. The Balaban J connectivity index is 1.58. The third-order valence-corrected chi connectivity index (χ3v) is 6.99. The third-order valence-electron chi connectivity index (χ3n) is 5.10. The largest absolute Gasteiger partial charge is 0.480 e. The van der Waals surface area contributed by atoms with Crippen molar-refractivity contribution < 1.29 is 23.1 Å². The minimum Gasteiger partial charge on any atom is -0.480 e. The predicted molar refractivity (Wildman–Crippen MR) is 105 cm³/mol. The minimum atomic E-state index is -3.57. The van der Waals surface area contributed by atoms with Gasteiger partial charge in [0.1, 0.15) is 6.04 Å². The Bertz CT molecular complexity index is 990. The van der Waals surface area contributed by atoms with E-state index in [4.69, 9.17) is 4.74 Å². The Labute approximate surface area is 168 Å². The van der Waals surface area contributed by atoms with E-state index >= 15 is 0 Å². The van der Waals surface area contributed by atoms with Gasteiger partial charge in [0.2, 0.25) is 10.0 Å². The molecule has 2 unspecified atom stereocenters. The number of nitrogens with zero attached hydrogens (tertiary/aromatic N) is 1. The van der Waals surface area contributed by atoms with Crippen LogP contribution in [0.4, 0.5) is 0 Å². The fourth-order valence-electron chi connectivity index (χ4n) is 3.50. The highest BCUT2D eigenvalue weighted by Gasteiger charge is 2.33. The first-order chi connectivity index (χ1) is 14.0. The van der Waals surface area contributed by atoms with Crippen LogP contribution in [0.3, 0.4) is 0 Å². The molecular formula is C19H22N4O5S. The summed E-state index contributed by atoms with van der Waals surface area (Å²) < 4.78 is 32.5. The molecule has 0 spiro atoms. The Morgan fingerprint density at radius 1 is 1.03 bits per heavy atom. The molecule has 4 rings (SSSR count). The molecule has 9 nitrogen and oxygen atoms in total. The van der Waals surface area contributed by atoms with Crippen LogP contribution in [-0.2, 0) is 19.6 Å². The van der Waals surface area contributed by atoms with Gasteiger partial charge in [-0.25, -0.2) is 19.3 Å². The molecule has 2 aromatic carbocycles. The van der Waals surface area contributed by atoms with Crippen LogP contribution < -0.4 is 16.4 Å². The normalized spacial score (nSPS) is 23.2. The number of hydrazine groups is 2. The predicted octanol–water partition coefficient (Wildman–Crippen LogP) is 0.481. The smallest absolute Gasteiger partial charge is 0.324 e. The number of hydrogen-bond donors (Lipinski definition) is 4. The molecule has 2 aromatic rings. The number of hydrogen-bond acceptors (Lipinski definition) is 7. The van der Waals surface area contributed by atoms with E-state index in [1.807, 2.05) is 30.3 Å². The minimum absolute atomic E-state index is 0.248. The number of nitrogens with one attached hydrogen (secondary N) is 3. The van der Waals surface area contributed by atoms with Crippen molar-refractivity contribution >= 4 is 16.0 Å². The Kier molecular flexibility index (Phi) is 5.63. The van der Waals surface area contributed by atoms with Crippen LogP contribution in [0.1, 0.15) is 11.6 Å². The van der Waals surface area contributed by atoms with Gasteiger partial charge in [0.15, 0.2) is 0 Å². The number of aliphatic carboxylic acids is 1. The zero-order chi connectivity index (χ0) is 20.4. The molecule has 0 bridgehead atoms. The molecule has 2 saturated heterocycles. The Morgan fingerprint density at radius 3 is 2.45 bits per heavy atom. The number of benzene rings is 2. The summed E-state index contributed by atoms with van der Waals surface area (Å²) in [5.41, 5.74) is 10.6. The van der Waals surface area contributed by atoms with Crippen LogP contribution in [0.15, 0.2) is 53.4 Å². The van der Waals surface area contributed by atoms with Crippen LogP contribution >= 0.6 is 0 Å². The average Bonchev–Trinajstić information content (AvgIpc) is 3.25. The first-order valence-corrected chi connectivity index (χ1v) is 10.7. The number of ether oxygens (including phenoxy) is 1. The molecule has 0 aromatic heterocycles. The number of sulfonamides is 1. The number of morpholine rings is 1. The summed E-state index contributed by atoms with van der Waals surface area (Å²) in [7, 11) is -3.57. The van der Waals surface area contributed by atoms with Gasteiger partial charge in [-0.05, 0) is 28.8 Å². The number of carboxylic acid groups (broad SMARTS) is 1. The molecule has 2 aliphatic rings. The van der Waals surface area contributed by atoms with Gasteiger partial charge in [-0.2, -0.15) is 9.84 Å². The number of rotatable bonds is 5. The highest BCUT2D eigenvalue weighted by Crippen LogP contribution is 2.27. The first kappa shape index (κ1) is 20.0. The second kappa shape index (κ2) is 8.19. The fourth-order valence-corrected chi connectivity index (χ4v) is 4.95. The van der Waals surface area contributed by atoms with Crippen molar-refractivity contribution in [2.24, 2.45) is 0 Å². The lowest BCUT2D eigenvalue weighted by Crippen LogP contribution is -2.40. The lowest BCUT2D eigenvalue weighted by atomic mass is 9.97. The van der Waals surface area contributed by atoms with Crippen molar-refractivity contribution in [1.29, 1.82) is 0 Å². The van der Waals surface area contributed by atoms with Gasteiger partial charge in [-0.1, -0.05) is 36.4 Å². The van der Waals surface area contributed by atoms with E-state index in [2.05, 4.69) is 16.4 Å². The maximum absolute atomic E-state index is 12.9. The van der Waals surface area contributed by atoms with Gasteiger partial charge in [-0.15, -0.1) is 0 Å². The van der Waals surface area contributed by atoms with Crippen molar-refractivity contribution in [3.05, 3.63) is 54.1 Å². The molecule has 0 amide bonds. The number of carboxylic acids is 1. The molecule has 0 radical (unpaired) electrons. The van der Waals surface area contributed by atoms with E-state index in [9.17, 15) is 18.3 Å². The molecule has 0 aliphatic carbocycles. The standard InChI is InChI=1S/C19H22N4O5S/c24-19(25)18-17(20-22-21-18)14-6-4-13(5-7-14)15-2-1-3-16(12-15)29(26,27)23-8-10-28-11-9-23/h1-7,12,17-18,20-22H,8-11H2,(H,24,25). The zero-order valence-electron chi connectivity index (χ0n) is 15.5. The fraction of sp³-hybridized carbons (Fsp3) is 0.316. The van der Waals surface area contributed by atoms with E-state index in [0.29, 0.717) is 26.3 Å². The van der Waals surface area contributed by atoms with Gasteiger partial charge in [-0.3, -0.25) is 4.79 Å². The molecule has 29 heavy (non-hydrogen) atoms. The van der Waals surface area contributed by atoms with E-state index < -0.39 is 28.1 Å². The van der Waals surface area contributed by atoms with Crippen molar-refractivity contribution in [2.45, 2.75) is 17.0 Å². The Morgan fingerprint density at radius 2 is 1.76 bits per heavy atom. The summed E-state index contributed by atoms with van der Waals surface area (Å²) >= 11 is 0. The molecule has 0 saturated carbocycles. The van der Waals surface area contributed by atoms with Crippen LogP contribution in [0.25, 0.3) is 11.1 Å². The molecule has 2 atom stereocenters. The second-order valence-corrected chi connectivity index (χ2v) is 8.81. The van der Waals surface area contributed by atoms with Crippen molar-refractivity contribution in [2.75, 3.05) is 26.3 Å². The summed E-state index contributed by atoms with van der Waals surface area (Å²) in [4.78, 5) is 11.6. The van der Waals surface area contributed by atoms with E-state index in [-0.39, 0.29) is 4.90 Å². The van der Waals surface area contributed by atoms with E-state index in [0.717, 1.165) is 16.7 Å². The Hall–Kier alpha value is -2.34. The summed E-state index contributed by atoms with van der Waals surface area (Å²) in [6.45, 7) is 1.50. The van der Waals surface area contributed by atoms with E-state index in [1.54, 1.807) is 18.2 Å². The average molecular weight is 418 g/mol. The second-order valence-electron chi connectivity index (χ2n) is 6.87. The van der Waals surface area contributed by atoms with Crippen molar-refractivity contribution in [1.82, 2.24) is 20.7 Å². The topological polar surface area (TPSA) is 120 Å². The SMILES string of the molecule is O=C(O)C1NNNC1c1ccc(-c2cccc(S(=O)(=O)N3CCOCC3)c2)cc1. The third kappa shape index (κ3) is 4.04. The lowest BCUT2D eigenvalue weighted by molar-refractivity contribution is -0.139. The molecule has 2 heterocycles. The zero-order valence-corrected chi connectivity index (χ0v) is 16.4. The molecule has 2 aliphatic heterocycles. The molecule has 154 valence electrons. The first-order valence-electron chi connectivity index (χ1n) is 9.24. The molecular weight excluding hydrogens is 396 g/mol. The quantitative estimate of drug-likeness (QED) is 0.554. The summed E-state index contributed by atoms with van der Waals surface area (Å²) in [5, 5.41) is 9.28. The van der Waals surface area contributed by atoms with Gasteiger partial charge in [0.25, 0.3) is 0 Å². The summed E-state index contributed by atoms with van der Waals surface area (Å²) in [6.07, 6.45) is 0. The summed E-state index contributed by atoms with van der Waals surface area (Å²) in [5.74, 6) is -0.961. The lowest BCUT2D eigenvalue weighted by Gasteiger charge is -2.26. The van der Waals surface area contributed by atoms with Crippen LogP contribution in [0, 0.1) is 0 Å². The maximum Gasteiger partial charge on any atom is 0.324 e. The van der Waals surface area contributed by atoms with Crippen LogP contribution in [-0.4, -0.2) is 56.1 Å². The van der Waals surface area contributed by atoms with Gasteiger partial charge in [0.05, 0.1) is 24.2 Å². The van der Waals surface area contributed by atoms with Crippen LogP contribution in [0.5, 0.6) is 0 Å².